The summed E-state index contributed by atoms with van der Waals surface area (Å²) < 4.78 is 0. The van der Waals surface area contributed by atoms with Crippen LogP contribution in [0, 0.1) is 0 Å². The molecule has 0 amide bonds. The third kappa shape index (κ3) is 22.7. The molecule has 0 fully saturated rings. The monoisotopic (exact) mass is 332 g/mol. The zero-order valence-corrected chi connectivity index (χ0v) is 16.1. The molecule has 1 radical (unpaired) electrons. The van der Waals surface area contributed by atoms with Crippen molar-refractivity contribution in [2.45, 2.75) is 96.8 Å². The Morgan fingerprint density at radius 2 is 1.05 bits per heavy atom. The van der Waals surface area contributed by atoms with Gasteiger partial charge in [0.25, 0.3) is 0 Å². The van der Waals surface area contributed by atoms with E-state index in [2.05, 4.69) is 24.4 Å². The molecule has 0 aromatic rings. The van der Waals surface area contributed by atoms with Crippen molar-refractivity contribution >= 4 is 0 Å². The van der Waals surface area contributed by atoms with Crippen LogP contribution in [0.15, 0.2) is 12.2 Å². The van der Waals surface area contributed by atoms with Gasteiger partial charge in [-0.15, -0.1) is 0 Å². The van der Waals surface area contributed by atoms with Gasteiger partial charge < -0.3 is 5.32 Å². The molecule has 0 bridgehead atoms. The van der Waals surface area contributed by atoms with E-state index in [1.807, 2.05) is 7.05 Å². The first-order valence-electron chi connectivity index (χ1n) is 9.21. The Morgan fingerprint density at radius 3 is 1.52 bits per heavy atom. The molecule has 125 valence electrons. The summed E-state index contributed by atoms with van der Waals surface area (Å²) in [6, 6.07) is 0. The van der Waals surface area contributed by atoms with Crippen LogP contribution < -0.4 is 5.32 Å². The van der Waals surface area contributed by atoms with Crippen molar-refractivity contribution in [3.05, 3.63) is 12.2 Å². The van der Waals surface area contributed by atoms with Gasteiger partial charge in [-0.05, 0) is 45.7 Å². The van der Waals surface area contributed by atoms with Crippen LogP contribution in [-0.2, 0) is 18.6 Å². The predicted molar refractivity (Wildman–Crippen MR) is 93.4 cm³/mol. The summed E-state index contributed by atoms with van der Waals surface area (Å²) in [5.74, 6) is 0. The summed E-state index contributed by atoms with van der Waals surface area (Å²) in [6.45, 7) is 3.46. The molecule has 0 atom stereocenters. The fourth-order valence-corrected chi connectivity index (χ4v) is 2.55. The molecule has 0 spiro atoms. The first-order valence-corrected chi connectivity index (χ1v) is 9.21. The molecule has 0 aromatic heterocycles. The normalized spacial score (nSPS) is 11.0. The topological polar surface area (TPSA) is 12.0 Å². The van der Waals surface area contributed by atoms with E-state index in [9.17, 15) is 0 Å². The summed E-state index contributed by atoms with van der Waals surface area (Å²) in [4.78, 5) is 0. The Bertz CT molecular complexity index is 172. The number of allylic oxidation sites excluding steroid dienone is 2. The van der Waals surface area contributed by atoms with Gasteiger partial charge in [0.15, 0.2) is 0 Å². The first kappa shape index (κ1) is 23.5. The average Bonchev–Trinajstić information content (AvgIpc) is 2.47. The Kier molecular flexibility index (Phi) is 25.3. The zero-order chi connectivity index (χ0) is 14.7. The molecule has 1 nitrogen and oxygen atoms in total. The van der Waals surface area contributed by atoms with Crippen molar-refractivity contribution in [2.75, 3.05) is 13.6 Å². The van der Waals surface area contributed by atoms with E-state index in [-0.39, 0.29) is 18.6 Å². The zero-order valence-electron chi connectivity index (χ0n) is 14.7. The van der Waals surface area contributed by atoms with E-state index >= 15 is 0 Å². The standard InChI is InChI=1S/C19H39N.V/c1-3-4-5-6-7-8-9-10-11-12-13-14-15-16-17-18-19-20-2;/h11-12,20H,3-10,13-19H2,1-2H3;/b12-11-;. The number of hydrogen-bond donors (Lipinski definition) is 1. The summed E-state index contributed by atoms with van der Waals surface area (Å²) in [5, 5.41) is 3.21. The minimum atomic E-state index is 0. The molecule has 0 saturated heterocycles. The Labute approximate surface area is 146 Å². The van der Waals surface area contributed by atoms with Crippen molar-refractivity contribution in [3.8, 4) is 0 Å². The molecular weight excluding hydrogens is 293 g/mol. The second-order valence-corrected chi connectivity index (χ2v) is 6.04. The van der Waals surface area contributed by atoms with Gasteiger partial charge in [-0.3, -0.25) is 0 Å². The predicted octanol–water partition coefficient (Wildman–Crippen LogP) is 6.24. The van der Waals surface area contributed by atoms with Crippen molar-refractivity contribution in [1.29, 1.82) is 0 Å². The average molecular weight is 332 g/mol. The van der Waals surface area contributed by atoms with Gasteiger partial charge in [0.1, 0.15) is 0 Å². The molecule has 0 aliphatic heterocycles. The van der Waals surface area contributed by atoms with Gasteiger partial charge >= 0.3 is 0 Å². The Hall–Kier alpha value is 0.284. The van der Waals surface area contributed by atoms with Gasteiger partial charge in [-0.1, -0.05) is 76.9 Å². The van der Waals surface area contributed by atoms with Crippen LogP contribution in [0.5, 0.6) is 0 Å². The van der Waals surface area contributed by atoms with Crippen LogP contribution >= 0.6 is 0 Å². The van der Waals surface area contributed by atoms with E-state index in [1.165, 1.54) is 96.4 Å². The molecule has 21 heavy (non-hydrogen) atoms. The molecule has 2 heteroatoms. The van der Waals surface area contributed by atoms with Crippen LogP contribution in [0.4, 0.5) is 0 Å². The minimum Gasteiger partial charge on any atom is -0.320 e. The second-order valence-electron chi connectivity index (χ2n) is 6.04. The fourth-order valence-electron chi connectivity index (χ4n) is 2.55. The van der Waals surface area contributed by atoms with Crippen LogP contribution in [0.2, 0.25) is 0 Å². The molecule has 1 N–H and O–H groups in total. The van der Waals surface area contributed by atoms with Crippen molar-refractivity contribution in [1.82, 2.24) is 5.32 Å². The van der Waals surface area contributed by atoms with Crippen LogP contribution in [-0.4, -0.2) is 13.6 Å². The number of nitrogens with one attached hydrogen (secondary N) is 1. The van der Waals surface area contributed by atoms with E-state index in [0.29, 0.717) is 0 Å². The van der Waals surface area contributed by atoms with E-state index in [4.69, 9.17) is 0 Å². The number of unbranched alkanes of at least 4 members (excludes halogenated alkanes) is 12. The van der Waals surface area contributed by atoms with Crippen LogP contribution in [0.25, 0.3) is 0 Å². The molecule has 0 unspecified atom stereocenters. The largest absolute Gasteiger partial charge is 0.320 e. The summed E-state index contributed by atoms with van der Waals surface area (Å²) in [6.07, 6.45) is 24.3. The third-order valence-electron chi connectivity index (χ3n) is 3.94. The van der Waals surface area contributed by atoms with Gasteiger partial charge in [0.2, 0.25) is 0 Å². The number of hydrogen-bond acceptors (Lipinski definition) is 1. The SMILES string of the molecule is CCCCCCCCC/C=C\CCCCCCCNC.[V]. The number of rotatable bonds is 16. The summed E-state index contributed by atoms with van der Waals surface area (Å²) in [7, 11) is 2.04. The van der Waals surface area contributed by atoms with Crippen molar-refractivity contribution in [3.63, 3.8) is 0 Å². The van der Waals surface area contributed by atoms with E-state index in [1.54, 1.807) is 0 Å². The maximum Gasteiger partial charge on any atom is 0 e. The van der Waals surface area contributed by atoms with Gasteiger partial charge in [-0.25, -0.2) is 0 Å². The summed E-state index contributed by atoms with van der Waals surface area (Å²) >= 11 is 0. The molecule has 0 rings (SSSR count). The van der Waals surface area contributed by atoms with E-state index < -0.39 is 0 Å². The maximum absolute atomic E-state index is 3.21. The molecule has 0 heterocycles. The Balaban J connectivity index is 0. The van der Waals surface area contributed by atoms with Crippen LogP contribution in [0.3, 0.4) is 0 Å². The van der Waals surface area contributed by atoms with Gasteiger partial charge in [-0.2, -0.15) is 0 Å². The van der Waals surface area contributed by atoms with Crippen molar-refractivity contribution < 1.29 is 18.6 Å². The van der Waals surface area contributed by atoms with Crippen LogP contribution in [0.1, 0.15) is 96.8 Å². The molecule has 0 aliphatic carbocycles. The molecule has 0 aliphatic rings. The molecule has 0 saturated carbocycles. The maximum atomic E-state index is 3.21. The molecular formula is C19H39NV. The Morgan fingerprint density at radius 1 is 0.619 bits per heavy atom. The summed E-state index contributed by atoms with van der Waals surface area (Å²) in [5.41, 5.74) is 0. The quantitative estimate of drug-likeness (QED) is 0.260. The van der Waals surface area contributed by atoms with Crippen molar-refractivity contribution in [2.24, 2.45) is 0 Å². The first-order chi connectivity index (χ1) is 9.91. The second kappa shape index (κ2) is 22.6. The fraction of sp³-hybridized carbons (Fsp3) is 0.895. The van der Waals surface area contributed by atoms with E-state index in [0.717, 1.165) is 0 Å². The van der Waals surface area contributed by atoms with Gasteiger partial charge in [0, 0.05) is 18.6 Å². The van der Waals surface area contributed by atoms with Gasteiger partial charge in [0.05, 0.1) is 0 Å². The smallest absolute Gasteiger partial charge is 0 e. The minimum absolute atomic E-state index is 0. The third-order valence-corrected chi connectivity index (χ3v) is 3.94. The molecule has 0 aromatic carbocycles.